The van der Waals surface area contributed by atoms with Gasteiger partial charge >= 0.3 is 0 Å². The second-order valence-electron chi connectivity index (χ2n) is 5.70. The molecule has 0 atom stereocenters. The lowest BCUT2D eigenvalue weighted by atomic mass is 9.75. The topological polar surface area (TPSA) is 6.48 Å². The summed E-state index contributed by atoms with van der Waals surface area (Å²) in [7, 11) is 6.48. The zero-order valence-electron chi connectivity index (χ0n) is 11.9. The van der Waals surface area contributed by atoms with Crippen LogP contribution in [-0.4, -0.2) is 38.1 Å². The SMILES string of the molecule is CN(CC1(N(C)C)CCC1)c1cccc(Cl)c1CCl. The zero-order valence-corrected chi connectivity index (χ0v) is 13.4. The van der Waals surface area contributed by atoms with Crippen LogP contribution in [0, 0.1) is 0 Å². The molecule has 0 bridgehead atoms. The van der Waals surface area contributed by atoms with Gasteiger partial charge in [-0.3, -0.25) is 0 Å². The maximum atomic E-state index is 6.23. The van der Waals surface area contributed by atoms with E-state index < -0.39 is 0 Å². The van der Waals surface area contributed by atoms with Crippen molar-refractivity contribution in [2.45, 2.75) is 30.7 Å². The average molecular weight is 301 g/mol. The molecule has 1 saturated carbocycles. The van der Waals surface area contributed by atoms with Crippen molar-refractivity contribution in [3.63, 3.8) is 0 Å². The van der Waals surface area contributed by atoms with E-state index in [0.29, 0.717) is 11.4 Å². The standard InChI is InChI=1S/C15H22Cl2N2/c1-18(2)15(8-5-9-15)11-19(3)14-7-4-6-13(17)12(14)10-16/h4,6-7H,5,8-11H2,1-3H3. The van der Waals surface area contributed by atoms with Gasteiger partial charge in [0.25, 0.3) is 0 Å². The van der Waals surface area contributed by atoms with Crippen LogP contribution in [-0.2, 0) is 5.88 Å². The predicted octanol–water partition coefficient (Wildman–Crippen LogP) is 4.00. The summed E-state index contributed by atoms with van der Waals surface area (Å²) in [5, 5.41) is 0.756. The lowest BCUT2D eigenvalue weighted by molar-refractivity contribution is 0.0683. The molecule has 1 aromatic rings. The number of nitrogens with zero attached hydrogens (tertiary/aromatic N) is 2. The minimum Gasteiger partial charge on any atom is -0.372 e. The van der Waals surface area contributed by atoms with Crippen LogP contribution in [0.4, 0.5) is 5.69 Å². The number of likely N-dealkylation sites (N-methyl/N-ethyl adjacent to an activating group) is 2. The largest absolute Gasteiger partial charge is 0.372 e. The van der Waals surface area contributed by atoms with E-state index in [1.807, 2.05) is 12.1 Å². The number of halogens is 2. The van der Waals surface area contributed by atoms with Crippen LogP contribution in [0.5, 0.6) is 0 Å². The van der Waals surface area contributed by atoms with Gasteiger partial charge in [-0.15, -0.1) is 11.6 Å². The fraction of sp³-hybridized carbons (Fsp3) is 0.600. The van der Waals surface area contributed by atoms with Crippen LogP contribution in [0.2, 0.25) is 5.02 Å². The Kier molecular flexibility index (Phi) is 4.65. The molecule has 0 saturated heterocycles. The van der Waals surface area contributed by atoms with Crippen molar-refractivity contribution in [1.29, 1.82) is 0 Å². The van der Waals surface area contributed by atoms with Gasteiger partial charge in [-0.05, 0) is 45.5 Å². The van der Waals surface area contributed by atoms with Crippen molar-refractivity contribution >= 4 is 28.9 Å². The highest BCUT2D eigenvalue weighted by molar-refractivity contribution is 6.32. The van der Waals surface area contributed by atoms with Gasteiger partial charge in [0.15, 0.2) is 0 Å². The quantitative estimate of drug-likeness (QED) is 0.759. The molecule has 0 aromatic heterocycles. The maximum absolute atomic E-state index is 6.23. The summed E-state index contributed by atoms with van der Waals surface area (Å²) in [6, 6.07) is 6.00. The monoisotopic (exact) mass is 300 g/mol. The summed E-state index contributed by atoms with van der Waals surface area (Å²) in [6.07, 6.45) is 3.85. The van der Waals surface area contributed by atoms with Gasteiger partial charge in [-0.2, -0.15) is 0 Å². The molecule has 0 unspecified atom stereocenters. The average Bonchev–Trinajstić information content (AvgIpc) is 2.32. The van der Waals surface area contributed by atoms with Gasteiger partial charge < -0.3 is 9.80 Å². The second-order valence-corrected chi connectivity index (χ2v) is 6.37. The first-order valence-electron chi connectivity index (χ1n) is 6.72. The first kappa shape index (κ1) is 15.0. The summed E-state index contributed by atoms with van der Waals surface area (Å²) >= 11 is 12.3. The Balaban J connectivity index is 2.20. The Bertz CT molecular complexity index is 442. The Labute approximate surface area is 126 Å². The Morgan fingerprint density at radius 3 is 2.37 bits per heavy atom. The molecule has 106 valence electrons. The van der Waals surface area contributed by atoms with Crippen LogP contribution >= 0.6 is 23.2 Å². The summed E-state index contributed by atoms with van der Waals surface area (Å²) in [5.41, 5.74) is 2.48. The molecular weight excluding hydrogens is 279 g/mol. The molecule has 1 aliphatic rings. The summed E-state index contributed by atoms with van der Waals surface area (Å²) < 4.78 is 0. The Morgan fingerprint density at radius 2 is 1.89 bits per heavy atom. The molecule has 19 heavy (non-hydrogen) atoms. The van der Waals surface area contributed by atoms with Crippen molar-refractivity contribution < 1.29 is 0 Å². The van der Waals surface area contributed by atoms with Crippen molar-refractivity contribution in [2.24, 2.45) is 0 Å². The molecule has 4 heteroatoms. The minimum absolute atomic E-state index is 0.306. The van der Waals surface area contributed by atoms with Crippen LogP contribution in [0.15, 0.2) is 18.2 Å². The Hall–Kier alpha value is -0.440. The van der Waals surface area contributed by atoms with Crippen LogP contribution in [0.25, 0.3) is 0 Å². The van der Waals surface area contributed by atoms with Gasteiger partial charge in [0.05, 0.1) is 5.88 Å². The van der Waals surface area contributed by atoms with Crippen LogP contribution in [0.1, 0.15) is 24.8 Å². The van der Waals surface area contributed by atoms with Crippen molar-refractivity contribution in [2.75, 3.05) is 32.6 Å². The molecule has 1 aromatic carbocycles. The zero-order chi connectivity index (χ0) is 14.0. The number of hydrogen-bond acceptors (Lipinski definition) is 2. The molecule has 1 fully saturated rings. The molecule has 0 spiro atoms. The third-order valence-electron chi connectivity index (χ3n) is 4.40. The lowest BCUT2D eigenvalue weighted by Crippen LogP contribution is -2.56. The van der Waals surface area contributed by atoms with Gasteiger partial charge in [-0.1, -0.05) is 17.7 Å². The van der Waals surface area contributed by atoms with E-state index in [2.05, 4.69) is 37.0 Å². The van der Waals surface area contributed by atoms with Crippen LogP contribution in [0.3, 0.4) is 0 Å². The first-order chi connectivity index (χ1) is 9.00. The molecule has 0 heterocycles. The van der Waals surface area contributed by atoms with E-state index in [0.717, 1.165) is 22.8 Å². The van der Waals surface area contributed by atoms with Gasteiger partial charge in [0.2, 0.25) is 0 Å². The van der Waals surface area contributed by atoms with E-state index in [1.165, 1.54) is 19.3 Å². The third kappa shape index (κ3) is 2.86. The number of hydrogen-bond donors (Lipinski definition) is 0. The Morgan fingerprint density at radius 1 is 1.21 bits per heavy atom. The highest BCUT2D eigenvalue weighted by atomic mass is 35.5. The highest BCUT2D eigenvalue weighted by Crippen LogP contribution is 2.38. The fourth-order valence-electron chi connectivity index (χ4n) is 2.90. The molecule has 0 radical (unpaired) electrons. The molecule has 0 N–H and O–H groups in total. The fourth-order valence-corrected chi connectivity index (χ4v) is 3.48. The lowest BCUT2D eigenvalue weighted by Gasteiger charge is -2.49. The van der Waals surface area contributed by atoms with E-state index in [4.69, 9.17) is 23.2 Å². The van der Waals surface area contributed by atoms with E-state index in [9.17, 15) is 0 Å². The molecule has 0 amide bonds. The van der Waals surface area contributed by atoms with Gasteiger partial charge in [0, 0.05) is 35.4 Å². The number of alkyl halides is 1. The normalized spacial score (nSPS) is 17.4. The van der Waals surface area contributed by atoms with E-state index in [1.54, 1.807) is 0 Å². The summed E-state index contributed by atoms with van der Waals surface area (Å²) in [4.78, 5) is 4.65. The van der Waals surface area contributed by atoms with E-state index >= 15 is 0 Å². The number of anilines is 1. The molecule has 0 aliphatic heterocycles. The van der Waals surface area contributed by atoms with Gasteiger partial charge in [0.1, 0.15) is 0 Å². The molecule has 2 rings (SSSR count). The third-order valence-corrected chi connectivity index (χ3v) is 5.02. The minimum atomic E-state index is 0.306. The molecule has 1 aliphatic carbocycles. The predicted molar refractivity (Wildman–Crippen MR) is 84.5 cm³/mol. The summed E-state index contributed by atoms with van der Waals surface area (Å²) in [5.74, 6) is 0.453. The van der Waals surface area contributed by atoms with Crippen LogP contribution < -0.4 is 4.90 Å². The summed E-state index contributed by atoms with van der Waals surface area (Å²) in [6.45, 7) is 1.02. The van der Waals surface area contributed by atoms with Crippen molar-refractivity contribution in [3.05, 3.63) is 28.8 Å². The van der Waals surface area contributed by atoms with E-state index in [-0.39, 0.29) is 0 Å². The second kappa shape index (κ2) is 5.90. The molecular formula is C15H22Cl2N2. The maximum Gasteiger partial charge on any atom is 0.0509 e. The molecule has 2 nitrogen and oxygen atoms in total. The number of rotatable bonds is 5. The smallest absolute Gasteiger partial charge is 0.0509 e. The first-order valence-corrected chi connectivity index (χ1v) is 7.63. The van der Waals surface area contributed by atoms with Gasteiger partial charge in [-0.25, -0.2) is 0 Å². The van der Waals surface area contributed by atoms with Crippen molar-refractivity contribution in [1.82, 2.24) is 4.90 Å². The van der Waals surface area contributed by atoms with Crippen molar-refractivity contribution in [3.8, 4) is 0 Å². The number of benzene rings is 1. The highest BCUT2D eigenvalue weighted by Gasteiger charge is 2.40.